The summed E-state index contributed by atoms with van der Waals surface area (Å²) in [6, 6.07) is 9.14. The second kappa shape index (κ2) is 9.76. The molecular formula is C21H20N4O4S2. The number of carbonyl (C=O) groups excluding carboxylic acids is 2. The van der Waals surface area contributed by atoms with Gasteiger partial charge in [0.2, 0.25) is 5.91 Å². The van der Waals surface area contributed by atoms with E-state index < -0.39 is 5.97 Å². The minimum Gasteiger partial charge on any atom is -0.462 e. The van der Waals surface area contributed by atoms with Crippen LogP contribution in [0.2, 0.25) is 0 Å². The van der Waals surface area contributed by atoms with Crippen molar-refractivity contribution in [3.05, 3.63) is 50.6 Å². The van der Waals surface area contributed by atoms with E-state index in [-0.39, 0.29) is 30.1 Å². The number of carbonyl (C=O) groups is 2. The molecule has 3 rings (SSSR count). The van der Waals surface area contributed by atoms with Crippen LogP contribution in [0.25, 0.3) is 10.9 Å². The number of para-hydroxylation sites is 1. The molecule has 0 fully saturated rings. The predicted molar refractivity (Wildman–Crippen MR) is 121 cm³/mol. The minimum absolute atomic E-state index is 0.142. The van der Waals surface area contributed by atoms with Crippen molar-refractivity contribution in [1.82, 2.24) is 9.55 Å². The van der Waals surface area contributed by atoms with Crippen molar-refractivity contribution in [2.75, 3.05) is 17.7 Å². The van der Waals surface area contributed by atoms with Gasteiger partial charge in [0.15, 0.2) is 5.16 Å². The lowest BCUT2D eigenvalue weighted by Gasteiger charge is -2.08. The number of thioether (sulfide) groups is 1. The quantitative estimate of drug-likeness (QED) is 0.329. The van der Waals surface area contributed by atoms with Crippen molar-refractivity contribution < 1.29 is 14.3 Å². The number of hydrogen-bond acceptors (Lipinski definition) is 8. The number of ether oxygens (including phenoxy) is 1. The van der Waals surface area contributed by atoms with Crippen LogP contribution in [0.15, 0.2) is 34.2 Å². The minimum atomic E-state index is -0.513. The predicted octanol–water partition coefficient (Wildman–Crippen LogP) is 3.47. The molecule has 2 heterocycles. The molecule has 0 aliphatic rings. The van der Waals surface area contributed by atoms with E-state index >= 15 is 0 Å². The molecule has 0 unspecified atom stereocenters. The van der Waals surface area contributed by atoms with Gasteiger partial charge in [0.25, 0.3) is 5.56 Å². The van der Waals surface area contributed by atoms with Crippen LogP contribution in [0.4, 0.5) is 5.00 Å². The van der Waals surface area contributed by atoms with Crippen LogP contribution in [0, 0.1) is 18.3 Å². The van der Waals surface area contributed by atoms with E-state index in [2.05, 4.69) is 10.3 Å². The van der Waals surface area contributed by atoms with E-state index in [0.717, 1.165) is 11.3 Å². The van der Waals surface area contributed by atoms with Gasteiger partial charge in [0, 0.05) is 19.2 Å². The third kappa shape index (κ3) is 4.78. The fourth-order valence-corrected chi connectivity index (χ4v) is 4.86. The van der Waals surface area contributed by atoms with Gasteiger partial charge in [-0.05, 0) is 31.5 Å². The Balaban J connectivity index is 1.68. The first-order valence-electron chi connectivity index (χ1n) is 9.46. The number of rotatable bonds is 7. The largest absolute Gasteiger partial charge is 0.462 e. The maximum atomic E-state index is 12.5. The summed E-state index contributed by atoms with van der Waals surface area (Å²) in [6.45, 7) is 3.58. The van der Waals surface area contributed by atoms with Crippen LogP contribution in [-0.2, 0) is 16.6 Å². The molecule has 1 N–H and O–H groups in total. The Bertz CT molecular complexity index is 1260. The van der Waals surface area contributed by atoms with E-state index in [1.165, 1.54) is 16.3 Å². The molecule has 3 aromatic rings. The Kier molecular flexibility index (Phi) is 7.09. The molecule has 0 radical (unpaired) electrons. The van der Waals surface area contributed by atoms with Crippen LogP contribution in [0.3, 0.4) is 0 Å². The van der Waals surface area contributed by atoms with Crippen molar-refractivity contribution in [1.29, 1.82) is 5.26 Å². The summed E-state index contributed by atoms with van der Waals surface area (Å²) in [4.78, 5) is 41.7. The maximum Gasteiger partial charge on any atom is 0.348 e. The molecule has 0 bridgehead atoms. The van der Waals surface area contributed by atoms with Gasteiger partial charge in [-0.1, -0.05) is 23.9 Å². The van der Waals surface area contributed by atoms with Crippen LogP contribution in [0.1, 0.15) is 34.1 Å². The topological polar surface area (TPSA) is 114 Å². The molecule has 10 heteroatoms. The molecule has 8 nitrogen and oxygen atoms in total. The number of aromatic nitrogens is 2. The van der Waals surface area contributed by atoms with Crippen LogP contribution in [-0.4, -0.2) is 33.8 Å². The zero-order chi connectivity index (χ0) is 22.5. The first-order valence-corrected chi connectivity index (χ1v) is 11.3. The highest BCUT2D eigenvalue weighted by Gasteiger charge is 2.22. The number of fused-ring (bicyclic) bond motifs is 1. The van der Waals surface area contributed by atoms with Crippen molar-refractivity contribution in [2.24, 2.45) is 7.05 Å². The third-order valence-corrected chi connectivity index (χ3v) is 6.69. The Labute approximate surface area is 186 Å². The molecule has 2 aromatic heterocycles. The molecule has 0 spiro atoms. The number of nitrogens with one attached hydrogen (secondary N) is 1. The molecule has 0 saturated heterocycles. The van der Waals surface area contributed by atoms with Crippen molar-refractivity contribution in [3.63, 3.8) is 0 Å². The van der Waals surface area contributed by atoms with Gasteiger partial charge in [-0.3, -0.25) is 14.2 Å². The standard InChI is InChI=1S/C21H20N4O4S2/c1-4-29-20(28)17-12(2)14(11-22)18(31-17)24-16(26)9-10-30-21-23-15-8-6-5-7-13(15)19(27)25(21)3/h5-8H,4,9-10H2,1-3H3,(H,24,26). The summed E-state index contributed by atoms with van der Waals surface area (Å²) in [5, 5.41) is 13.5. The number of benzene rings is 1. The monoisotopic (exact) mass is 456 g/mol. The first kappa shape index (κ1) is 22.5. The lowest BCUT2D eigenvalue weighted by Crippen LogP contribution is -2.20. The second-order valence-corrected chi connectivity index (χ2v) is 8.60. The van der Waals surface area contributed by atoms with Gasteiger partial charge >= 0.3 is 5.97 Å². The number of hydrogen-bond donors (Lipinski definition) is 1. The van der Waals surface area contributed by atoms with Gasteiger partial charge in [0.1, 0.15) is 15.9 Å². The average Bonchev–Trinajstić information content (AvgIpc) is 3.06. The van der Waals surface area contributed by atoms with Gasteiger partial charge in [0.05, 0.1) is 23.1 Å². The Morgan fingerprint density at radius 1 is 1.35 bits per heavy atom. The lowest BCUT2D eigenvalue weighted by molar-refractivity contribution is -0.115. The molecule has 0 aliphatic carbocycles. The summed E-state index contributed by atoms with van der Waals surface area (Å²) in [5.74, 6) is -0.422. The third-order valence-electron chi connectivity index (χ3n) is 4.47. The Hall–Kier alpha value is -3.16. The van der Waals surface area contributed by atoms with E-state index in [9.17, 15) is 19.6 Å². The number of nitrogens with zero attached hydrogens (tertiary/aromatic N) is 3. The van der Waals surface area contributed by atoms with Gasteiger partial charge in [-0.15, -0.1) is 11.3 Å². The van der Waals surface area contributed by atoms with Crippen LogP contribution < -0.4 is 10.9 Å². The normalized spacial score (nSPS) is 10.6. The molecule has 0 saturated carbocycles. The fraction of sp³-hybridized carbons (Fsp3) is 0.286. The number of esters is 1. The first-order chi connectivity index (χ1) is 14.9. The lowest BCUT2D eigenvalue weighted by atomic mass is 10.2. The molecule has 31 heavy (non-hydrogen) atoms. The summed E-state index contributed by atoms with van der Waals surface area (Å²) in [7, 11) is 1.65. The van der Waals surface area contributed by atoms with Gasteiger partial charge < -0.3 is 10.1 Å². The number of nitriles is 1. The second-order valence-electron chi connectivity index (χ2n) is 6.51. The number of amides is 1. The molecule has 1 amide bonds. The molecule has 0 aliphatic heterocycles. The molecule has 0 atom stereocenters. The average molecular weight is 457 g/mol. The zero-order valence-electron chi connectivity index (χ0n) is 17.2. The van der Waals surface area contributed by atoms with E-state index in [1.54, 1.807) is 39.1 Å². The fourth-order valence-electron chi connectivity index (χ4n) is 2.88. The van der Waals surface area contributed by atoms with Crippen molar-refractivity contribution in [2.45, 2.75) is 25.4 Å². The SMILES string of the molecule is CCOC(=O)c1sc(NC(=O)CCSc2nc3ccccc3c(=O)n2C)c(C#N)c1C. The molecular weight excluding hydrogens is 436 g/mol. The number of anilines is 1. The van der Waals surface area contributed by atoms with E-state index in [4.69, 9.17) is 4.74 Å². The van der Waals surface area contributed by atoms with Gasteiger partial charge in [-0.2, -0.15) is 5.26 Å². The van der Waals surface area contributed by atoms with E-state index in [1.807, 2.05) is 12.1 Å². The maximum absolute atomic E-state index is 12.5. The summed E-state index contributed by atoms with van der Waals surface area (Å²) >= 11 is 2.33. The highest BCUT2D eigenvalue weighted by Crippen LogP contribution is 2.33. The van der Waals surface area contributed by atoms with E-state index in [0.29, 0.717) is 37.3 Å². The Morgan fingerprint density at radius 2 is 2.10 bits per heavy atom. The highest BCUT2D eigenvalue weighted by molar-refractivity contribution is 7.99. The summed E-state index contributed by atoms with van der Waals surface area (Å²) in [5.41, 5.74) is 1.21. The molecule has 160 valence electrons. The van der Waals surface area contributed by atoms with Crippen molar-refractivity contribution >= 4 is 50.9 Å². The highest BCUT2D eigenvalue weighted by atomic mass is 32.2. The van der Waals surface area contributed by atoms with Crippen LogP contribution in [0.5, 0.6) is 0 Å². The smallest absolute Gasteiger partial charge is 0.348 e. The van der Waals surface area contributed by atoms with Crippen LogP contribution >= 0.6 is 23.1 Å². The Morgan fingerprint density at radius 3 is 2.81 bits per heavy atom. The molecule has 1 aromatic carbocycles. The van der Waals surface area contributed by atoms with Gasteiger partial charge in [-0.25, -0.2) is 9.78 Å². The summed E-state index contributed by atoms with van der Waals surface area (Å²) in [6.07, 6.45) is 0.143. The zero-order valence-corrected chi connectivity index (χ0v) is 18.9. The summed E-state index contributed by atoms with van der Waals surface area (Å²) < 4.78 is 6.47. The van der Waals surface area contributed by atoms with Crippen molar-refractivity contribution in [3.8, 4) is 6.07 Å². The number of thiophene rings is 1.